The number of carbonyl (C=O) groups excluding carboxylic acids is 2. The molecule has 0 unspecified atom stereocenters. The number of anilines is 1. The van der Waals surface area contributed by atoms with Crippen molar-refractivity contribution < 1.29 is 14.3 Å². The molecule has 0 atom stereocenters. The van der Waals surface area contributed by atoms with Crippen LogP contribution in [-0.4, -0.2) is 50.9 Å². The number of hydrogen-bond donors (Lipinski definition) is 1. The first kappa shape index (κ1) is 26.2. The highest BCUT2D eigenvalue weighted by Crippen LogP contribution is 2.30. The molecule has 5 rings (SSSR count). The highest BCUT2D eigenvalue weighted by atomic mass is 16.5. The van der Waals surface area contributed by atoms with E-state index in [2.05, 4.69) is 39.6 Å². The Labute approximate surface area is 228 Å². The fraction of sp³-hybridized carbons (Fsp3) is 0.290. The summed E-state index contributed by atoms with van der Waals surface area (Å²) in [7, 11) is 0. The van der Waals surface area contributed by atoms with Crippen molar-refractivity contribution in [3.05, 3.63) is 101 Å². The lowest BCUT2D eigenvalue weighted by atomic mass is 9.89. The number of piperidine rings is 1. The summed E-state index contributed by atoms with van der Waals surface area (Å²) in [5.41, 5.74) is 6.47. The van der Waals surface area contributed by atoms with Crippen molar-refractivity contribution >= 4 is 17.5 Å². The third-order valence-corrected chi connectivity index (χ3v) is 7.17. The largest absolute Gasteiger partial charge is 0.483 e. The van der Waals surface area contributed by atoms with Gasteiger partial charge in [0.05, 0.1) is 12.0 Å². The predicted molar refractivity (Wildman–Crippen MR) is 150 cm³/mol. The Morgan fingerprint density at radius 2 is 1.69 bits per heavy atom. The summed E-state index contributed by atoms with van der Waals surface area (Å²) < 4.78 is 7.67. The van der Waals surface area contributed by atoms with E-state index < -0.39 is 0 Å². The summed E-state index contributed by atoms with van der Waals surface area (Å²) in [5, 5.41) is 2.92. The third kappa shape index (κ3) is 6.17. The maximum absolute atomic E-state index is 13.1. The molecule has 1 N–H and O–H groups in total. The number of aromatic nitrogens is 3. The van der Waals surface area contributed by atoms with Crippen molar-refractivity contribution in [3.63, 3.8) is 0 Å². The van der Waals surface area contributed by atoms with Gasteiger partial charge in [-0.15, -0.1) is 0 Å². The van der Waals surface area contributed by atoms with Crippen LogP contribution in [0.2, 0.25) is 0 Å². The average molecular weight is 524 g/mol. The van der Waals surface area contributed by atoms with Gasteiger partial charge >= 0.3 is 0 Å². The van der Waals surface area contributed by atoms with Crippen LogP contribution in [0.15, 0.2) is 73.4 Å². The number of benzene rings is 2. The molecule has 8 nitrogen and oxygen atoms in total. The Hall–Kier alpha value is -4.46. The maximum Gasteiger partial charge on any atom is 0.272 e. The molecule has 1 fully saturated rings. The lowest BCUT2D eigenvalue weighted by molar-refractivity contribution is -0.118. The van der Waals surface area contributed by atoms with Crippen molar-refractivity contribution in [2.24, 2.45) is 0 Å². The predicted octanol–water partition coefficient (Wildman–Crippen LogP) is 5.23. The quantitative estimate of drug-likeness (QED) is 0.358. The van der Waals surface area contributed by atoms with Crippen LogP contribution in [-0.2, 0) is 4.79 Å². The number of aryl methyl sites for hydroxylation is 3. The summed E-state index contributed by atoms with van der Waals surface area (Å²) in [6.45, 7) is 7.33. The zero-order chi connectivity index (χ0) is 27.4. The van der Waals surface area contributed by atoms with Gasteiger partial charge in [-0.3, -0.25) is 14.6 Å². The first-order chi connectivity index (χ1) is 18.9. The van der Waals surface area contributed by atoms with E-state index in [1.807, 2.05) is 54.6 Å². The van der Waals surface area contributed by atoms with Crippen LogP contribution in [0.1, 0.15) is 51.5 Å². The van der Waals surface area contributed by atoms with E-state index in [9.17, 15) is 9.59 Å². The van der Waals surface area contributed by atoms with Gasteiger partial charge in [-0.1, -0.05) is 29.8 Å². The minimum Gasteiger partial charge on any atom is -0.483 e. The van der Waals surface area contributed by atoms with Crippen LogP contribution in [0.25, 0.3) is 5.69 Å². The summed E-state index contributed by atoms with van der Waals surface area (Å²) in [6, 6.07) is 15.7. The molecule has 0 saturated carbocycles. The van der Waals surface area contributed by atoms with Crippen LogP contribution >= 0.6 is 0 Å². The fourth-order valence-corrected chi connectivity index (χ4v) is 5.25. The molecule has 0 radical (unpaired) electrons. The smallest absolute Gasteiger partial charge is 0.272 e. The summed E-state index contributed by atoms with van der Waals surface area (Å²) in [6.07, 6.45) is 8.66. The van der Waals surface area contributed by atoms with Crippen LogP contribution in [0, 0.1) is 20.8 Å². The van der Waals surface area contributed by atoms with E-state index in [0.29, 0.717) is 24.7 Å². The number of hydrogen-bond acceptors (Lipinski definition) is 5. The second-order valence-corrected chi connectivity index (χ2v) is 10.1. The summed E-state index contributed by atoms with van der Waals surface area (Å²) in [4.78, 5) is 35.8. The molecule has 0 spiro atoms. The Morgan fingerprint density at radius 3 is 2.36 bits per heavy atom. The average Bonchev–Trinajstić information content (AvgIpc) is 3.48. The van der Waals surface area contributed by atoms with E-state index in [1.54, 1.807) is 24.8 Å². The zero-order valence-corrected chi connectivity index (χ0v) is 22.6. The monoisotopic (exact) mass is 523 g/mol. The van der Waals surface area contributed by atoms with Gasteiger partial charge in [0.1, 0.15) is 11.4 Å². The van der Waals surface area contributed by atoms with E-state index >= 15 is 0 Å². The van der Waals surface area contributed by atoms with Gasteiger partial charge in [-0.25, -0.2) is 4.98 Å². The van der Waals surface area contributed by atoms with E-state index in [-0.39, 0.29) is 18.4 Å². The van der Waals surface area contributed by atoms with Crippen LogP contribution < -0.4 is 10.1 Å². The lowest BCUT2D eigenvalue weighted by Gasteiger charge is -2.32. The highest BCUT2D eigenvalue weighted by molar-refractivity contribution is 5.93. The Balaban J connectivity index is 1.12. The maximum atomic E-state index is 13.1. The topological polar surface area (TPSA) is 89.4 Å². The Kier molecular flexibility index (Phi) is 7.72. The number of imidazole rings is 1. The molecule has 0 aliphatic carbocycles. The molecule has 0 bridgehead atoms. The van der Waals surface area contributed by atoms with Gasteiger partial charge < -0.3 is 19.5 Å². The van der Waals surface area contributed by atoms with Crippen LogP contribution in [0.5, 0.6) is 5.75 Å². The second-order valence-electron chi connectivity index (χ2n) is 10.1. The Morgan fingerprint density at radius 1 is 0.974 bits per heavy atom. The lowest BCUT2D eigenvalue weighted by Crippen LogP contribution is -2.38. The second kappa shape index (κ2) is 11.5. The van der Waals surface area contributed by atoms with E-state index in [1.165, 1.54) is 11.1 Å². The standard InChI is InChI=1S/C31H33N5O3/c1-21-16-22(2)30(23(3)17-21)39-19-29(37)34-26-6-4-24(5-7-26)25-9-13-35(14-10-25)31(38)28-18-27(8-11-33-28)36-15-12-32-20-36/h4-8,11-12,15-18,20,25H,9-10,13-14,19H2,1-3H3,(H,34,37). The van der Waals surface area contributed by atoms with Crippen molar-refractivity contribution in [1.82, 2.24) is 19.4 Å². The summed E-state index contributed by atoms with van der Waals surface area (Å²) >= 11 is 0. The fourth-order valence-electron chi connectivity index (χ4n) is 5.25. The number of carbonyl (C=O) groups is 2. The SMILES string of the molecule is Cc1cc(C)c(OCC(=O)Nc2ccc(C3CCN(C(=O)c4cc(-n5ccnc5)ccn4)CC3)cc2)c(C)c1. The number of likely N-dealkylation sites (tertiary alicyclic amines) is 1. The molecule has 3 heterocycles. The normalized spacial score (nSPS) is 13.8. The first-order valence-electron chi connectivity index (χ1n) is 13.2. The molecular formula is C31H33N5O3. The third-order valence-electron chi connectivity index (χ3n) is 7.17. The summed E-state index contributed by atoms with van der Waals surface area (Å²) in [5.74, 6) is 0.879. The van der Waals surface area contributed by atoms with Gasteiger partial charge in [0.25, 0.3) is 11.8 Å². The first-order valence-corrected chi connectivity index (χ1v) is 13.2. The molecule has 39 heavy (non-hydrogen) atoms. The van der Waals surface area contributed by atoms with Gasteiger partial charge in [0.2, 0.25) is 0 Å². The molecule has 200 valence electrons. The number of pyridine rings is 1. The van der Waals surface area contributed by atoms with Crippen LogP contribution in [0.4, 0.5) is 5.69 Å². The van der Waals surface area contributed by atoms with Gasteiger partial charge in [-0.2, -0.15) is 0 Å². The molecule has 2 amide bonds. The van der Waals surface area contributed by atoms with Gasteiger partial charge in [0.15, 0.2) is 6.61 Å². The number of ether oxygens (including phenoxy) is 1. The minimum absolute atomic E-state index is 0.0426. The van der Waals surface area contributed by atoms with Crippen molar-refractivity contribution in [2.75, 3.05) is 25.0 Å². The minimum atomic E-state index is -0.195. The van der Waals surface area contributed by atoms with E-state index in [0.717, 1.165) is 41.1 Å². The van der Waals surface area contributed by atoms with Crippen LogP contribution in [0.3, 0.4) is 0 Å². The molecule has 1 aliphatic heterocycles. The molecule has 2 aromatic heterocycles. The molecule has 1 aliphatic rings. The van der Waals surface area contributed by atoms with E-state index in [4.69, 9.17) is 4.74 Å². The molecular weight excluding hydrogens is 490 g/mol. The number of amides is 2. The number of nitrogens with zero attached hydrogens (tertiary/aromatic N) is 4. The van der Waals surface area contributed by atoms with Gasteiger partial charge in [0, 0.05) is 37.4 Å². The molecule has 4 aromatic rings. The van der Waals surface area contributed by atoms with Gasteiger partial charge in [-0.05, 0) is 80.5 Å². The zero-order valence-electron chi connectivity index (χ0n) is 22.6. The molecule has 8 heteroatoms. The highest BCUT2D eigenvalue weighted by Gasteiger charge is 2.25. The number of rotatable bonds is 7. The molecule has 1 saturated heterocycles. The van der Waals surface area contributed by atoms with Crippen molar-refractivity contribution in [1.29, 1.82) is 0 Å². The van der Waals surface area contributed by atoms with Crippen molar-refractivity contribution in [3.8, 4) is 11.4 Å². The number of nitrogens with one attached hydrogen (secondary N) is 1. The molecule has 2 aromatic carbocycles. The van der Waals surface area contributed by atoms with Crippen molar-refractivity contribution in [2.45, 2.75) is 39.5 Å². The Bertz CT molecular complexity index is 1430.